The molecular weight excluding hydrogens is 411 g/mol. The molecule has 0 saturated carbocycles. The Morgan fingerprint density at radius 3 is 2.48 bits per heavy atom. The third-order valence-corrected chi connectivity index (χ3v) is 5.27. The lowest BCUT2D eigenvalue weighted by Crippen LogP contribution is -2.35. The van der Waals surface area contributed by atoms with Gasteiger partial charge in [0.2, 0.25) is 5.91 Å². The number of hydrogen-bond acceptors (Lipinski definition) is 4. The van der Waals surface area contributed by atoms with E-state index >= 15 is 0 Å². The van der Waals surface area contributed by atoms with Crippen LogP contribution in [0.1, 0.15) is 42.5 Å². The van der Waals surface area contributed by atoms with E-state index < -0.39 is 0 Å². The Bertz CT molecular complexity index is 852. The lowest BCUT2D eigenvalue weighted by atomic mass is 10.1. The molecular formula is C21H24Cl2N4O2. The molecule has 3 rings (SSSR count). The van der Waals surface area contributed by atoms with Crippen molar-refractivity contribution in [2.45, 2.75) is 32.1 Å². The molecule has 0 aliphatic carbocycles. The van der Waals surface area contributed by atoms with Crippen molar-refractivity contribution < 1.29 is 9.59 Å². The quantitative estimate of drug-likeness (QED) is 0.610. The lowest BCUT2D eigenvalue weighted by molar-refractivity contribution is -0.116. The highest BCUT2D eigenvalue weighted by Gasteiger charge is 2.19. The second kappa shape index (κ2) is 10.5. The summed E-state index contributed by atoms with van der Waals surface area (Å²) in [6.07, 6.45) is 5.78. The first-order valence-corrected chi connectivity index (χ1v) is 10.5. The maximum absolute atomic E-state index is 12.5. The van der Waals surface area contributed by atoms with Crippen molar-refractivity contribution in [2.24, 2.45) is 0 Å². The van der Waals surface area contributed by atoms with Gasteiger partial charge < -0.3 is 15.5 Å². The SMILES string of the molecule is O=C(CCCNc1ncc(C(=O)N2CCCCC2)cc1Cl)Nc1ccc(Cl)cc1. The van der Waals surface area contributed by atoms with E-state index in [1.165, 1.54) is 6.42 Å². The van der Waals surface area contributed by atoms with Crippen LogP contribution < -0.4 is 10.6 Å². The number of anilines is 2. The van der Waals surface area contributed by atoms with Gasteiger partial charge in [0.25, 0.3) is 5.91 Å². The summed E-state index contributed by atoms with van der Waals surface area (Å²) in [5.41, 5.74) is 1.22. The predicted octanol–water partition coefficient (Wildman–Crippen LogP) is 4.85. The Morgan fingerprint density at radius 2 is 1.79 bits per heavy atom. The Morgan fingerprint density at radius 1 is 1.07 bits per heavy atom. The minimum absolute atomic E-state index is 0.0236. The largest absolute Gasteiger partial charge is 0.369 e. The van der Waals surface area contributed by atoms with E-state index in [1.807, 2.05) is 4.90 Å². The average molecular weight is 435 g/mol. The van der Waals surface area contributed by atoms with E-state index in [-0.39, 0.29) is 11.8 Å². The predicted molar refractivity (Wildman–Crippen MR) is 117 cm³/mol. The molecule has 1 aromatic heterocycles. The monoisotopic (exact) mass is 434 g/mol. The number of nitrogens with one attached hydrogen (secondary N) is 2. The molecule has 0 radical (unpaired) electrons. The number of benzene rings is 1. The number of carbonyl (C=O) groups is 2. The van der Waals surface area contributed by atoms with Gasteiger partial charge in [0.15, 0.2) is 0 Å². The summed E-state index contributed by atoms with van der Waals surface area (Å²) in [6.45, 7) is 2.11. The molecule has 29 heavy (non-hydrogen) atoms. The second-order valence-electron chi connectivity index (χ2n) is 6.99. The van der Waals surface area contributed by atoms with E-state index in [1.54, 1.807) is 36.5 Å². The number of pyridine rings is 1. The normalized spacial score (nSPS) is 13.8. The van der Waals surface area contributed by atoms with Gasteiger partial charge in [-0.1, -0.05) is 23.2 Å². The van der Waals surface area contributed by atoms with Crippen LogP contribution in [0, 0.1) is 0 Å². The minimum atomic E-state index is -0.0735. The van der Waals surface area contributed by atoms with Crippen molar-refractivity contribution >= 4 is 46.5 Å². The van der Waals surface area contributed by atoms with Crippen LogP contribution in [0.3, 0.4) is 0 Å². The van der Waals surface area contributed by atoms with Crippen LogP contribution in [0.4, 0.5) is 11.5 Å². The molecule has 0 bridgehead atoms. The summed E-state index contributed by atoms with van der Waals surface area (Å²) in [5.74, 6) is 0.417. The summed E-state index contributed by atoms with van der Waals surface area (Å²) in [7, 11) is 0. The van der Waals surface area contributed by atoms with Crippen LogP contribution in [0.25, 0.3) is 0 Å². The van der Waals surface area contributed by atoms with Gasteiger partial charge in [0.05, 0.1) is 10.6 Å². The maximum Gasteiger partial charge on any atom is 0.255 e. The van der Waals surface area contributed by atoms with Gasteiger partial charge in [0.1, 0.15) is 5.82 Å². The summed E-state index contributed by atoms with van der Waals surface area (Å²) in [6, 6.07) is 8.63. The van der Waals surface area contributed by atoms with Gasteiger partial charge in [-0.15, -0.1) is 0 Å². The molecule has 8 heteroatoms. The molecule has 1 aromatic carbocycles. The van der Waals surface area contributed by atoms with Gasteiger partial charge in [-0.3, -0.25) is 9.59 Å². The molecule has 154 valence electrons. The van der Waals surface area contributed by atoms with Crippen LogP contribution in [0.15, 0.2) is 36.5 Å². The van der Waals surface area contributed by atoms with Gasteiger partial charge in [-0.25, -0.2) is 4.98 Å². The van der Waals surface area contributed by atoms with E-state index in [0.717, 1.165) is 25.9 Å². The Balaban J connectivity index is 1.44. The highest BCUT2D eigenvalue weighted by atomic mass is 35.5. The lowest BCUT2D eigenvalue weighted by Gasteiger charge is -2.26. The minimum Gasteiger partial charge on any atom is -0.369 e. The molecule has 2 heterocycles. The average Bonchev–Trinajstić information content (AvgIpc) is 2.74. The fourth-order valence-corrected chi connectivity index (χ4v) is 3.54. The maximum atomic E-state index is 12.5. The number of nitrogens with zero attached hydrogens (tertiary/aromatic N) is 2. The zero-order valence-electron chi connectivity index (χ0n) is 16.1. The van der Waals surface area contributed by atoms with Gasteiger partial charge >= 0.3 is 0 Å². The molecule has 1 fully saturated rings. The van der Waals surface area contributed by atoms with Gasteiger partial charge in [-0.2, -0.15) is 0 Å². The van der Waals surface area contributed by atoms with Crippen molar-refractivity contribution in [2.75, 3.05) is 30.3 Å². The Kier molecular flexibility index (Phi) is 7.72. The molecule has 1 aliphatic heterocycles. The smallest absolute Gasteiger partial charge is 0.255 e. The molecule has 2 aromatic rings. The summed E-state index contributed by atoms with van der Waals surface area (Å²) < 4.78 is 0. The number of carbonyl (C=O) groups excluding carboxylic acids is 2. The standard InChI is InChI=1S/C21H24Cl2N4O2/c22-16-6-8-17(9-7-16)26-19(28)5-4-10-24-20-18(23)13-15(14-25-20)21(29)27-11-2-1-3-12-27/h6-9,13-14H,1-5,10-12H2,(H,24,25)(H,26,28). The molecule has 6 nitrogen and oxygen atoms in total. The molecule has 0 atom stereocenters. The number of halogens is 2. The van der Waals surface area contributed by atoms with Gasteiger partial charge in [-0.05, 0) is 56.0 Å². The van der Waals surface area contributed by atoms with E-state index in [4.69, 9.17) is 23.2 Å². The van der Waals surface area contributed by atoms with Crippen molar-refractivity contribution in [1.82, 2.24) is 9.88 Å². The molecule has 2 amide bonds. The number of piperidine rings is 1. The highest BCUT2D eigenvalue weighted by Crippen LogP contribution is 2.22. The van der Waals surface area contributed by atoms with Crippen molar-refractivity contribution in [3.8, 4) is 0 Å². The third-order valence-electron chi connectivity index (χ3n) is 4.73. The fraction of sp³-hybridized carbons (Fsp3) is 0.381. The number of aromatic nitrogens is 1. The first-order valence-electron chi connectivity index (χ1n) is 9.77. The Labute approximate surface area is 180 Å². The number of hydrogen-bond donors (Lipinski definition) is 2. The molecule has 0 unspecified atom stereocenters. The molecule has 1 saturated heterocycles. The molecule has 1 aliphatic rings. The van der Waals surface area contributed by atoms with E-state index in [9.17, 15) is 9.59 Å². The zero-order chi connectivity index (χ0) is 20.6. The van der Waals surface area contributed by atoms with Crippen LogP contribution in [-0.4, -0.2) is 41.3 Å². The first kappa shape index (κ1) is 21.4. The molecule has 2 N–H and O–H groups in total. The number of rotatable bonds is 7. The van der Waals surface area contributed by atoms with Crippen LogP contribution >= 0.6 is 23.2 Å². The highest BCUT2D eigenvalue weighted by molar-refractivity contribution is 6.33. The second-order valence-corrected chi connectivity index (χ2v) is 7.84. The van der Waals surface area contributed by atoms with Crippen LogP contribution in [-0.2, 0) is 4.79 Å². The topological polar surface area (TPSA) is 74.3 Å². The first-order chi connectivity index (χ1) is 14.0. The van der Waals surface area contributed by atoms with E-state index in [2.05, 4.69) is 15.6 Å². The van der Waals surface area contributed by atoms with E-state index in [0.29, 0.717) is 46.5 Å². The van der Waals surface area contributed by atoms with Crippen LogP contribution in [0.2, 0.25) is 10.0 Å². The summed E-state index contributed by atoms with van der Waals surface area (Å²) in [4.78, 5) is 30.6. The fourth-order valence-electron chi connectivity index (χ4n) is 3.18. The third kappa shape index (κ3) is 6.34. The number of likely N-dealkylation sites (tertiary alicyclic amines) is 1. The molecule has 0 spiro atoms. The summed E-state index contributed by atoms with van der Waals surface area (Å²) >= 11 is 12.1. The summed E-state index contributed by atoms with van der Waals surface area (Å²) in [5, 5.41) is 6.97. The van der Waals surface area contributed by atoms with Crippen molar-refractivity contribution in [3.05, 3.63) is 52.1 Å². The van der Waals surface area contributed by atoms with Crippen molar-refractivity contribution in [1.29, 1.82) is 0 Å². The Hall–Kier alpha value is -2.31. The van der Waals surface area contributed by atoms with Crippen LogP contribution in [0.5, 0.6) is 0 Å². The number of amides is 2. The zero-order valence-corrected chi connectivity index (χ0v) is 17.6. The van der Waals surface area contributed by atoms with Crippen molar-refractivity contribution in [3.63, 3.8) is 0 Å². The van der Waals surface area contributed by atoms with Gasteiger partial charge in [0, 0.05) is 43.0 Å².